The number of nitrogens with zero attached hydrogens (tertiary/aromatic N) is 1. The Labute approximate surface area is 152 Å². The van der Waals surface area contributed by atoms with E-state index in [4.69, 9.17) is 9.72 Å². The summed E-state index contributed by atoms with van der Waals surface area (Å²) in [4.78, 5) is 18.3. The molecule has 2 fully saturated rings. The van der Waals surface area contributed by atoms with Crippen LogP contribution in [0.4, 0.5) is 0 Å². The number of aromatic nitrogens is 1. The molecule has 2 aromatic rings. The molecule has 0 spiro atoms. The van der Waals surface area contributed by atoms with Crippen molar-refractivity contribution in [1.82, 2.24) is 10.3 Å². The molecule has 1 amide bonds. The number of carbonyl (C=O) groups is 1. The number of para-hydroxylation sites is 1. The molecule has 3 heterocycles. The lowest BCUT2D eigenvalue weighted by Crippen LogP contribution is -3.14. The fourth-order valence-corrected chi connectivity index (χ4v) is 4.97. The number of nitrogens with one attached hydrogen (secondary N) is 2. The topological polar surface area (TPSA) is 55.7 Å². The van der Waals surface area contributed by atoms with Crippen molar-refractivity contribution >= 4 is 27.5 Å². The Bertz CT molecular complexity index is 685. The monoisotopic (exact) mass is 360 g/mol. The Morgan fingerprint density at radius 2 is 2.12 bits per heavy atom. The van der Waals surface area contributed by atoms with Crippen LogP contribution in [0.2, 0.25) is 0 Å². The first-order valence-electron chi connectivity index (χ1n) is 9.35. The highest BCUT2D eigenvalue weighted by atomic mass is 32.1. The summed E-state index contributed by atoms with van der Waals surface area (Å²) in [6.07, 6.45) is 4.65. The molecule has 2 aliphatic rings. The predicted octanol–water partition coefficient (Wildman–Crippen LogP) is 1.35. The van der Waals surface area contributed by atoms with E-state index in [0.29, 0.717) is 19.0 Å². The lowest BCUT2D eigenvalue weighted by atomic mass is 9.97. The van der Waals surface area contributed by atoms with E-state index >= 15 is 0 Å². The quantitative estimate of drug-likeness (QED) is 0.846. The highest BCUT2D eigenvalue weighted by Crippen LogP contribution is 2.31. The van der Waals surface area contributed by atoms with Gasteiger partial charge in [0.25, 0.3) is 5.91 Å². The summed E-state index contributed by atoms with van der Waals surface area (Å²) in [5.74, 6) is 0.708. The molecule has 4 rings (SSSR count). The van der Waals surface area contributed by atoms with Gasteiger partial charge in [-0.05, 0) is 25.0 Å². The zero-order valence-corrected chi connectivity index (χ0v) is 15.3. The third-order valence-electron chi connectivity index (χ3n) is 5.31. The van der Waals surface area contributed by atoms with Crippen molar-refractivity contribution in [2.24, 2.45) is 0 Å². The largest absolute Gasteiger partial charge is 0.376 e. The van der Waals surface area contributed by atoms with Gasteiger partial charge in [0.15, 0.2) is 6.54 Å². The third kappa shape index (κ3) is 4.19. The van der Waals surface area contributed by atoms with Crippen LogP contribution in [0.5, 0.6) is 0 Å². The van der Waals surface area contributed by atoms with Crippen molar-refractivity contribution in [1.29, 1.82) is 0 Å². The summed E-state index contributed by atoms with van der Waals surface area (Å²) in [6.45, 7) is 4.19. The van der Waals surface area contributed by atoms with E-state index in [0.717, 1.165) is 50.9 Å². The van der Waals surface area contributed by atoms with E-state index in [2.05, 4.69) is 23.5 Å². The van der Waals surface area contributed by atoms with Gasteiger partial charge in [0, 0.05) is 31.9 Å². The highest BCUT2D eigenvalue weighted by molar-refractivity contribution is 7.18. The minimum Gasteiger partial charge on any atom is -0.376 e. The van der Waals surface area contributed by atoms with Crippen molar-refractivity contribution < 1.29 is 14.4 Å². The second-order valence-electron chi connectivity index (χ2n) is 7.16. The zero-order chi connectivity index (χ0) is 17.1. The third-order valence-corrected chi connectivity index (χ3v) is 6.51. The van der Waals surface area contributed by atoms with Gasteiger partial charge in [-0.15, -0.1) is 11.3 Å². The molecule has 2 saturated heterocycles. The Balaban J connectivity index is 1.24. The maximum absolute atomic E-state index is 12.1. The molecular formula is C19H26N3O2S+. The number of benzene rings is 1. The SMILES string of the molecule is O=C(C[NH+]1CCC(c2nc3ccccc3s2)CC1)NC[C@H]1CCCO1. The minimum absolute atomic E-state index is 0.156. The standard InChI is InChI=1S/C19H25N3O2S/c23-18(20-12-15-4-3-11-24-15)13-22-9-7-14(8-10-22)19-21-16-5-1-2-6-17(16)25-19/h1-2,5-6,14-15H,3-4,7-13H2,(H,20,23)/p+1/t15-/m1/s1. The lowest BCUT2D eigenvalue weighted by molar-refractivity contribution is -0.897. The number of amides is 1. The van der Waals surface area contributed by atoms with Crippen molar-refractivity contribution in [3.05, 3.63) is 29.3 Å². The lowest BCUT2D eigenvalue weighted by Gasteiger charge is -2.27. The van der Waals surface area contributed by atoms with Gasteiger partial charge in [-0.2, -0.15) is 0 Å². The van der Waals surface area contributed by atoms with Crippen LogP contribution in [0.15, 0.2) is 24.3 Å². The highest BCUT2D eigenvalue weighted by Gasteiger charge is 2.27. The van der Waals surface area contributed by atoms with Crippen LogP contribution < -0.4 is 10.2 Å². The fraction of sp³-hybridized carbons (Fsp3) is 0.579. The summed E-state index contributed by atoms with van der Waals surface area (Å²) in [5.41, 5.74) is 1.12. The molecule has 25 heavy (non-hydrogen) atoms. The van der Waals surface area contributed by atoms with Gasteiger partial charge >= 0.3 is 0 Å². The van der Waals surface area contributed by atoms with Crippen LogP contribution in [0.3, 0.4) is 0 Å². The Morgan fingerprint density at radius 1 is 1.28 bits per heavy atom. The van der Waals surface area contributed by atoms with Gasteiger partial charge in [0.1, 0.15) is 0 Å². The van der Waals surface area contributed by atoms with E-state index in [1.54, 1.807) is 0 Å². The first kappa shape index (κ1) is 16.9. The first-order chi connectivity index (χ1) is 12.3. The van der Waals surface area contributed by atoms with Crippen LogP contribution in [-0.4, -0.2) is 49.8 Å². The number of likely N-dealkylation sites (tertiary alicyclic amines) is 1. The van der Waals surface area contributed by atoms with E-state index in [1.165, 1.54) is 14.6 Å². The molecular weight excluding hydrogens is 334 g/mol. The smallest absolute Gasteiger partial charge is 0.275 e. The number of piperidine rings is 1. The molecule has 134 valence electrons. The van der Waals surface area contributed by atoms with Crippen LogP contribution in [0, 0.1) is 0 Å². The second-order valence-corrected chi connectivity index (χ2v) is 8.22. The molecule has 0 unspecified atom stereocenters. The van der Waals surface area contributed by atoms with Crippen molar-refractivity contribution in [2.45, 2.75) is 37.7 Å². The number of quaternary nitrogens is 1. The molecule has 0 radical (unpaired) electrons. The summed E-state index contributed by atoms with van der Waals surface area (Å²) in [5, 5.41) is 4.30. The maximum atomic E-state index is 12.1. The molecule has 6 heteroatoms. The predicted molar refractivity (Wildman–Crippen MR) is 99.1 cm³/mol. The Kier molecular flexibility index (Phi) is 5.29. The number of carbonyl (C=O) groups excluding carboxylic acids is 1. The zero-order valence-electron chi connectivity index (χ0n) is 14.5. The number of rotatable bonds is 5. The van der Waals surface area contributed by atoms with Gasteiger partial charge in [-0.25, -0.2) is 4.98 Å². The maximum Gasteiger partial charge on any atom is 0.275 e. The van der Waals surface area contributed by atoms with Crippen molar-refractivity contribution in [3.63, 3.8) is 0 Å². The average molecular weight is 361 g/mol. The van der Waals surface area contributed by atoms with Crippen LogP contribution >= 0.6 is 11.3 Å². The fourth-order valence-electron chi connectivity index (χ4n) is 3.84. The van der Waals surface area contributed by atoms with E-state index < -0.39 is 0 Å². The normalized spacial score (nSPS) is 26.8. The molecule has 2 N–H and O–H groups in total. The number of hydrogen-bond acceptors (Lipinski definition) is 4. The van der Waals surface area contributed by atoms with Gasteiger partial charge in [0.05, 0.1) is 34.4 Å². The number of thiazole rings is 1. The second kappa shape index (κ2) is 7.81. The molecule has 1 atom stereocenters. The van der Waals surface area contributed by atoms with E-state index in [-0.39, 0.29) is 12.0 Å². The molecule has 1 aromatic heterocycles. The summed E-state index contributed by atoms with van der Waals surface area (Å²) in [6, 6.07) is 8.36. The number of hydrogen-bond donors (Lipinski definition) is 2. The van der Waals surface area contributed by atoms with E-state index in [1.807, 2.05) is 17.4 Å². The van der Waals surface area contributed by atoms with Crippen molar-refractivity contribution in [3.8, 4) is 0 Å². The molecule has 0 aliphatic carbocycles. The average Bonchev–Trinajstić information content (AvgIpc) is 3.30. The number of ether oxygens (including phenoxy) is 1. The van der Waals surface area contributed by atoms with Crippen LogP contribution in [0.25, 0.3) is 10.2 Å². The Morgan fingerprint density at radius 3 is 2.88 bits per heavy atom. The van der Waals surface area contributed by atoms with Gasteiger partial charge in [0.2, 0.25) is 0 Å². The molecule has 1 aromatic carbocycles. The molecule has 5 nitrogen and oxygen atoms in total. The summed E-state index contributed by atoms with van der Waals surface area (Å²) in [7, 11) is 0. The number of fused-ring (bicyclic) bond motifs is 1. The molecule has 0 bridgehead atoms. The van der Waals surface area contributed by atoms with Crippen LogP contribution in [-0.2, 0) is 9.53 Å². The summed E-state index contributed by atoms with van der Waals surface area (Å²) < 4.78 is 6.83. The van der Waals surface area contributed by atoms with E-state index in [9.17, 15) is 4.79 Å². The molecule has 0 saturated carbocycles. The first-order valence-corrected chi connectivity index (χ1v) is 10.2. The van der Waals surface area contributed by atoms with Gasteiger partial charge in [-0.3, -0.25) is 4.79 Å². The Hall–Kier alpha value is -1.50. The summed E-state index contributed by atoms with van der Waals surface area (Å²) >= 11 is 1.83. The minimum atomic E-state index is 0.156. The molecule has 2 aliphatic heterocycles. The van der Waals surface area contributed by atoms with Crippen LogP contribution in [0.1, 0.15) is 36.6 Å². The van der Waals surface area contributed by atoms with Gasteiger partial charge in [-0.1, -0.05) is 12.1 Å². The van der Waals surface area contributed by atoms with Crippen molar-refractivity contribution in [2.75, 3.05) is 32.8 Å². The van der Waals surface area contributed by atoms with Gasteiger partial charge < -0.3 is 15.0 Å².